The van der Waals surface area contributed by atoms with Gasteiger partial charge in [-0.1, -0.05) is 42.9 Å². The minimum absolute atomic E-state index is 0.101. The van der Waals surface area contributed by atoms with E-state index >= 15 is 0 Å². The number of nitrogens with zero attached hydrogens (tertiary/aromatic N) is 2. The molecule has 2 aliphatic rings. The average molecular weight is 521 g/mol. The Hall–Kier alpha value is -4.18. The van der Waals surface area contributed by atoms with Crippen molar-refractivity contribution >= 4 is 29.4 Å². The van der Waals surface area contributed by atoms with Crippen molar-refractivity contribution in [3.05, 3.63) is 90.1 Å². The number of ether oxygens (including phenoxy) is 3. The van der Waals surface area contributed by atoms with Crippen LogP contribution in [0.5, 0.6) is 11.5 Å². The van der Waals surface area contributed by atoms with Gasteiger partial charge >= 0.3 is 11.9 Å². The summed E-state index contributed by atoms with van der Waals surface area (Å²) in [6, 6.07) is 10.9. The van der Waals surface area contributed by atoms with E-state index in [1.165, 1.54) is 28.0 Å². The first-order valence-electron chi connectivity index (χ1n) is 11.9. The molecule has 1 N–H and O–H groups in total. The van der Waals surface area contributed by atoms with Crippen LogP contribution < -0.4 is 24.4 Å². The summed E-state index contributed by atoms with van der Waals surface area (Å²) in [5.74, 6) is -0.410. The van der Waals surface area contributed by atoms with Gasteiger partial charge in [-0.05, 0) is 54.8 Å². The summed E-state index contributed by atoms with van der Waals surface area (Å²) in [6.07, 6.45) is 2.98. The molecule has 3 heterocycles. The maximum atomic E-state index is 13.8. The standard InChI is InChI=1S/C27H24N2O7S/c1-3-5-18-22(26(33)34-4-2)23(17-10-11-19-20(13-17)36-14-35-19)29-24(30)21(37-27(29)28-18)12-15-6-8-16(9-7-15)25(31)32/h6-13,23H,3-5,14H2,1-2H3,(H,31,32)/b21-12-/t23-/m0/s1. The molecule has 9 nitrogen and oxygen atoms in total. The molecule has 5 rings (SSSR count). The molecule has 37 heavy (non-hydrogen) atoms. The highest BCUT2D eigenvalue weighted by Gasteiger charge is 2.35. The van der Waals surface area contributed by atoms with Gasteiger partial charge in [-0.2, -0.15) is 0 Å². The van der Waals surface area contributed by atoms with Crippen molar-refractivity contribution in [3.63, 3.8) is 0 Å². The number of aromatic nitrogens is 1. The van der Waals surface area contributed by atoms with Crippen LogP contribution in [0.15, 0.2) is 63.5 Å². The van der Waals surface area contributed by atoms with E-state index in [0.717, 1.165) is 6.42 Å². The van der Waals surface area contributed by atoms with Crippen molar-refractivity contribution in [1.29, 1.82) is 0 Å². The summed E-state index contributed by atoms with van der Waals surface area (Å²) in [6.45, 7) is 4.02. The number of thiazole rings is 1. The third kappa shape index (κ3) is 4.55. The van der Waals surface area contributed by atoms with Gasteiger partial charge in [-0.25, -0.2) is 14.6 Å². The Kier molecular flexibility index (Phi) is 6.66. The molecule has 1 atom stereocenters. The van der Waals surface area contributed by atoms with Crippen LogP contribution in [0.3, 0.4) is 0 Å². The van der Waals surface area contributed by atoms with Crippen LogP contribution in [0.2, 0.25) is 0 Å². The molecule has 0 radical (unpaired) electrons. The lowest BCUT2D eigenvalue weighted by Gasteiger charge is -2.25. The van der Waals surface area contributed by atoms with E-state index in [4.69, 9.17) is 24.3 Å². The molecule has 3 aromatic rings. The number of allylic oxidation sites excluding steroid dienone is 1. The molecule has 1 aromatic heterocycles. The Balaban J connectivity index is 1.72. The fraction of sp³-hybridized carbons (Fsp3) is 0.259. The highest BCUT2D eigenvalue weighted by atomic mass is 32.1. The molecule has 2 aliphatic heterocycles. The Labute approximate surface area is 215 Å². The van der Waals surface area contributed by atoms with E-state index in [-0.39, 0.29) is 24.5 Å². The third-order valence-electron chi connectivity index (χ3n) is 6.06. The molecule has 2 aromatic carbocycles. The zero-order chi connectivity index (χ0) is 26.1. The average Bonchev–Trinajstić information content (AvgIpc) is 3.47. The number of hydrogen-bond acceptors (Lipinski definition) is 8. The monoisotopic (exact) mass is 520 g/mol. The summed E-state index contributed by atoms with van der Waals surface area (Å²) in [7, 11) is 0. The minimum Gasteiger partial charge on any atom is -0.478 e. The molecule has 0 saturated carbocycles. The zero-order valence-electron chi connectivity index (χ0n) is 20.2. The largest absolute Gasteiger partial charge is 0.478 e. The molecular weight excluding hydrogens is 496 g/mol. The van der Waals surface area contributed by atoms with Crippen LogP contribution in [0.1, 0.15) is 54.2 Å². The van der Waals surface area contributed by atoms with Gasteiger partial charge < -0.3 is 19.3 Å². The number of carboxylic acids is 1. The maximum absolute atomic E-state index is 13.8. The van der Waals surface area contributed by atoms with Crippen LogP contribution >= 0.6 is 11.3 Å². The Morgan fingerprint density at radius 3 is 2.62 bits per heavy atom. The Bertz CT molecular complexity index is 1600. The molecule has 0 unspecified atom stereocenters. The van der Waals surface area contributed by atoms with Gasteiger partial charge in [0.15, 0.2) is 16.3 Å². The normalized spacial score (nSPS) is 16.4. The first kappa shape index (κ1) is 24.5. The molecule has 10 heteroatoms. The first-order valence-corrected chi connectivity index (χ1v) is 12.7. The summed E-state index contributed by atoms with van der Waals surface area (Å²) in [5.41, 5.74) is 2.10. The van der Waals surface area contributed by atoms with Gasteiger partial charge in [-0.3, -0.25) is 9.36 Å². The Morgan fingerprint density at radius 2 is 1.92 bits per heavy atom. The van der Waals surface area contributed by atoms with Crippen molar-refractivity contribution in [2.45, 2.75) is 32.7 Å². The summed E-state index contributed by atoms with van der Waals surface area (Å²) in [4.78, 5) is 43.4. The van der Waals surface area contributed by atoms with Gasteiger partial charge in [0.05, 0.1) is 34.0 Å². The van der Waals surface area contributed by atoms with Gasteiger partial charge in [0.2, 0.25) is 6.79 Å². The van der Waals surface area contributed by atoms with Crippen LogP contribution in [0.4, 0.5) is 0 Å². The van der Waals surface area contributed by atoms with E-state index in [1.54, 1.807) is 37.3 Å². The second-order valence-electron chi connectivity index (χ2n) is 8.45. The van der Waals surface area contributed by atoms with Crippen LogP contribution in [0, 0.1) is 0 Å². The van der Waals surface area contributed by atoms with Crippen molar-refractivity contribution < 1.29 is 28.9 Å². The van der Waals surface area contributed by atoms with E-state index < -0.39 is 18.0 Å². The van der Waals surface area contributed by atoms with Crippen LogP contribution in [-0.4, -0.2) is 35.0 Å². The number of carbonyl (C=O) groups is 2. The molecule has 190 valence electrons. The summed E-state index contributed by atoms with van der Waals surface area (Å²) >= 11 is 1.22. The predicted molar refractivity (Wildman–Crippen MR) is 136 cm³/mol. The lowest BCUT2D eigenvalue weighted by Crippen LogP contribution is -2.40. The minimum atomic E-state index is -1.02. The second kappa shape index (κ2) is 10.1. The number of benzene rings is 2. The third-order valence-corrected chi connectivity index (χ3v) is 7.04. The zero-order valence-corrected chi connectivity index (χ0v) is 21.0. The number of fused-ring (bicyclic) bond motifs is 2. The van der Waals surface area contributed by atoms with E-state index in [0.29, 0.717) is 49.7 Å². The molecule has 0 saturated heterocycles. The van der Waals surface area contributed by atoms with E-state index in [2.05, 4.69) is 0 Å². The predicted octanol–water partition coefficient (Wildman–Crippen LogP) is 3.01. The molecule has 0 aliphatic carbocycles. The second-order valence-corrected chi connectivity index (χ2v) is 9.46. The number of carboxylic acid groups (broad SMARTS) is 1. The summed E-state index contributed by atoms with van der Waals surface area (Å²) < 4.78 is 18.4. The number of esters is 1. The highest BCUT2D eigenvalue weighted by molar-refractivity contribution is 7.07. The van der Waals surface area contributed by atoms with Crippen molar-refractivity contribution in [2.75, 3.05) is 13.4 Å². The molecular formula is C27H24N2O7S. The van der Waals surface area contributed by atoms with Crippen LogP contribution in [0.25, 0.3) is 6.08 Å². The molecule has 0 spiro atoms. The maximum Gasteiger partial charge on any atom is 0.338 e. The smallest absolute Gasteiger partial charge is 0.338 e. The number of hydrogen-bond donors (Lipinski definition) is 1. The van der Waals surface area contributed by atoms with Gasteiger partial charge in [-0.15, -0.1) is 0 Å². The van der Waals surface area contributed by atoms with Crippen molar-refractivity contribution in [1.82, 2.24) is 4.57 Å². The molecule has 0 fully saturated rings. The van der Waals surface area contributed by atoms with Gasteiger partial charge in [0, 0.05) is 0 Å². The van der Waals surface area contributed by atoms with Gasteiger partial charge in [0.25, 0.3) is 5.56 Å². The fourth-order valence-electron chi connectivity index (χ4n) is 4.39. The van der Waals surface area contributed by atoms with E-state index in [9.17, 15) is 14.4 Å². The summed E-state index contributed by atoms with van der Waals surface area (Å²) in [5, 5.41) is 9.16. The fourth-order valence-corrected chi connectivity index (χ4v) is 5.41. The topological polar surface area (TPSA) is 116 Å². The number of aromatic carboxylic acids is 1. The lowest BCUT2D eigenvalue weighted by atomic mass is 9.94. The van der Waals surface area contributed by atoms with E-state index in [1.807, 2.05) is 13.0 Å². The lowest BCUT2D eigenvalue weighted by molar-refractivity contribution is -0.139. The molecule has 0 bridgehead atoms. The highest BCUT2D eigenvalue weighted by Crippen LogP contribution is 2.38. The quantitative estimate of drug-likeness (QED) is 0.476. The molecule has 0 amide bonds. The van der Waals surface area contributed by atoms with Gasteiger partial charge in [0.1, 0.15) is 0 Å². The first-order chi connectivity index (χ1) is 17.9. The van der Waals surface area contributed by atoms with Crippen molar-refractivity contribution in [3.8, 4) is 11.5 Å². The number of carbonyl (C=O) groups excluding carboxylic acids is 1. The van der Waals surface area contributed by atoms with Crippen molar-refractivity contribution in [2.24, 2.45) is 4.99 Å². The Morgan fingerprint density at radius 1 is 1.16 bits per heavy atom. The number of rotatable bonds is 7. The van der Waals surface area contributed by atoms with Crippen LogP contribution in [-0.2, 0) is 9.53 Å². The SMILES string of the molecule is CCCC1=C(C(=O)OCC)[C@H](c2ccc3c(c2)OCO3)n2c(s/c(=C\c3ccc(C(=O)O)cc3)c2=O)=N1.